The summed E-state index contributed by atoms with van der Waals surface area (Å²) in [6.07, 6.45) is 0.973. The lowest BCUT2D eigenvalue weighted by atomic mass is 9.84. The molecule has 0 spiro atoms. The van der Waals surface area contributed by atoms with Crippen molar-refractivity contribution in [3.63, 3.8) is 0 Å². The Balaban J connectivity index is 1.40. The predicted molar refractivity (Wildman–Crippen MR) is 185 cm³/mol. The van der Waals surface area contributed by atoms with Crippen molar-refractivity contribution in [2.75, 3.05) is 20.2 Å². The number of piperidine rings is 1. The molecule has 4 aromatic carbocycles. The molecule has 1 aliphatic rings. The van der Waals surface area contributed by atoms with Gasteiger partial charge in [-0.1, -0.05) is 91.3 Å². The summed E-state index contributed by atoms with van der Waals surface area (Å²) in [7, 11) is 1.61. The van der Waals surface area contributed by atoms with E-state index in [1.807, 2.05) is 91.9 Å². The van der Waals surface area contributed by atoms with E-state index in [2.05, 4.69) is 10.2 Å². The summed E-state index contributed by atoms with van der Waals surface area (Å²) in [6, 6.07) is 31.5. The molecule has 0 bridgehead atoms. The molecule has 47 heavy (non-hydrogen) atoms. The molecule has 242 valence electrons. The highest BCUT2D eigenvalue weighted by molar-refractivity contribution is 6.35. The van der Waals surface area contributed by atoms with Gasteiger partial charge >= 0.3 is 6.09 Å². The number of benzene rings is 4. The second kappa shape index (κ2) is 14.0. The van der Waals surface area contributed by atoms with Crippen LogP contribution in [0, 0.1) is 0 Å². The smallest absolute Gasteiger partial charge is 0.413 e. The van der Waals surface area contributed by atoms with Crippen LogP contribution in [0.5, 0.6) is 11.5 Å². The fraction of sp³-hybridized carbons (Fsp3) is 0.263. The van der Waals surface area contributed by atoms with Crippen LogP contribution < -0.4 is 20.3 Å². The Bertz CT molecular complexity index is 1920. The minimum absolute atomic E-state index is 0.264. The van der Waals surface area contributed by atoms with Gasteiger partial charge in [0.15, 0.2) is 5.75 Å². The van der Waals surface area contributed by atoms with Gasteiger partial charge in [-0.05, 0) is 60.7 Å². The van der Waals surface area contributed by atoms with Crippen molar-refractivity contribution in [3.8, 4) is 17.2 Å². The number of para-hydroxylation sites is 1. The minimum Gasteiger partial charge on any atom is -0.497 e. The minimum atomic E-state index is -1.02. The maximum absolute atomic E-state index is 14.3. The zero-order valence-corrected chi connectivity index (χ0v) is 27.2. The Morgan fingerprint density at radius 2 is 1.64 bits per heavy atom. The van der Waals surface area contributed by atoms with E-state index in [4.69, 9.17) is 21.1 Å². The van der Waals surface area contributed by atoms with Gasteiger partial charge in [-0.2, -0.15) is 0 Å². The number of nitrogens with zero attached hydrogens (tertiary/aromatic N) is 2. The summed E-state index contributed by atoms with van der Waals surface area (Å²) in [5.74, 6) is 0.956. The van der Waals surface area contributed by atoms with Crippen molar-refractivity contribution < 1.29 is 19.4 Å². The Hall–Kier alpha value is -4.63. The van der Waals surface area contributed by atoms with Gasteiger partial charge in [-0.25, -0.2) is 4.79 Å². The number of hydrogen-bond acceptors (Lipinski definition) is 6. The van der Waals surface area contributed by atoms with Gasteiger partial charge in [0.2, 0.25) is 0 Å². The number of fused-ring (bicyclic) bond motifs is 1. The van der Waals surface area contributed by atoms with Crippen molar-refractivity contribution in [3.05, 3.63) is 135 Å². The van der Waals surface area contributed by atoms with Gasteiger partial charge < -0.3 is 19.9 Å². The molecule has 5 aromatic rings. The van der Waals surface area contributed by atoms with Crippen LogP contribution in [0.15, 0.2) is 108 Å². The van der Waals surface area contributed by atoms with Crippen LogP contribution in [0.1, 0.15) is 49.0 Å². The van der Waals surface area contributed by atoms with E-state index < -0.39 is 11.7 Å². The van der Waals surface area contributed by atoms with Crippen molar-refractivity contribution in [1.29, 1.82) is 0 Å². The Kier molecular flexibility index (Phi) is 9.63. The second-order valence-electron chi connectivity index (χ2n) is 11.9. The molecular formula is C38H38ClN3O5. The lowest BCUT2D eigenvalue weighted by Gasteiger charge is -2.39. The van der Waals surface area contributed by atoms with Gasteiger partial charge in [-0.3, -0.25) is 14.3 Å². The zero-order chi connectivity index (χ0) is 33.0. The highest BCUT2D eigenvalue weighted by Gasteiger charge is 2.35. The Labute approximate surface area is 279 Å². The molecule has 6 rings (SSSR count). The summed E-state index contributed by atoms with van der Waals surface area (Å²) >= 11 is 6.66. The van der Waals surface area contributed by atoms with E-state index in [1.165, 1.54) is 0 Å². The second-order valence-corrected chi connectivity index (χ2v) is 12.3. The third-order valence-electron chi connectivity index (χ3n) is 8.98. The van der Waals surface area contributed by atoms with Gasteiger partial charge in [0, 0.05) is 30.7 Å². The Morgan fingerprint density at radius 1 is 0.957 bits per heavy atom. The molecule has 1 saturated heterocycles. The number of aliphatic hydroxyl groups is 1. The van der Waals surface area contributed by atoms with Crippen LogP contribution in [0.4, 0.5) is 4.79 Å². The van der Waals surface area contributed by atoms with Crippen LogP contribution in [-0.2, 0) is 12.1 Å². The predicted octanol–water partition coefficient (Wildman–Crippen LogP) is 7.38. The number of pyridine rings is 1. The molecule has 9 heteroatoms. The standard InChI is InChI=1S/C38H38ClN3O5/c1-3-32(26-12-6-4-7-13-26)40-37(44)47-35-30-18-11-19-31(39)34(30)36(43)42(28-15-8-5-9-16-28)33(35)25-41-22-20-38(45,21-23-41)27-14-10-17-29(24-27)46-2/h4-19,24,32,45H,3,20-23,25H2,1-2H3,(H,40,44)/t32-/m0/s1. The van der Waals surface area contributed by atoms with Crippen molar-refractivity contribution in [2.45, 2.75) is 44.4 Å². The number of hydrogen-bond donors (Lipinski definition) is 2. The monoisotopic (exact) mass is 651 g/mol. The van der Waals surface area contributed by atoms with E-state index in [1.54, 1.807) is 29.9 Å². The van der Waals surface area contributed by atoms with E-state index in [9.17, 15) is 14.7 Å². The summed E-state index contributed by atoms with van der Waals surface area (Å²) in [6.45, 7) is 3.38. The van der Waals surface area contributed by atoms with Crippen LogP contribution in [0.2, 0.25) is 5.02 Å². The number of ether oxygens (including phenoxy) is 2. The third-order valence-corrected chi connectivity index (χ3v) is 9.30. The summed E-state index contributed by atoms with van der Waals surface area (Å²) in [4.78, 5) is 30.1. The molecule has 8 nitrogen and oxygen atoms in total. The molecule has 0 saturated carbocycles. The maximum Gasteiger partial charge on any atom is 0.413 e. The molecule has 0 radical (unpaired) electrons. The summed E-state index contributed by atoms with van der Waals surface area (Å²) in [5, 5.41) is 15.7. The van der Waals surface area contributed by atoms with Gasteiger partial charge in [0.25, 0.3) is 5.56 Å². The quantitative estimate of drug-likeness (QED) is 0.173. The number of nitrogens with one attached hydrogen (secondary N) is 1. The molecule has 1 fully saturated rings. The SMILES string of the molecule is CC[C@H](NC(=O)Oc1c(CN2CCC(O)(c3cccc(OC)c3)CC2)n(-c2ccccc2)c(=O)c2c(Cl)cccc12)c1ccccc1. The highest BCUT2D eigenvalue weighted by atomic mass is 35.5. The third kappa shape index (κ3) is 6.76. The van der Waals surface area contributed by atoms with E-state index in [0.717, 1.165) is 11.1 Å². The Morgan fingerprint density at radius 3 is 2.32 bits per heavy atom. The highest BCUT2D eigenvalue weighted by Crippen LogP contribution is 2.38. The number of carbonyl (C=O) groups excluding carboxylic acids is 1. The fourth-order valence-corrected chi connectivity index (χ4v) is 6.65. The average Bonchev–Trinajstić information content (AvgIpc) is 3.10. The first-order valence-electron chi connectivity index (χ1n) is 15.9. The lowest BCUT2D eigenvalue weighted by Crippen LogP contribution is -2.43. The zero-order valence-electron chi connectivity index (χ0n) is 26.5. The van der Waals surface area contributed by atoms with Crippen molar-refractivity contribution in [1.82, 2.24) is 14.8 Å². The molecule has 1 aromatic heterocycles. The largest absolute Gasteiger partial charge is 0.497 e. The number of amides is 1. The number of rotatable bonds is 9. The number of methoxy groups -OCH3 is 1. The lowest BCUT2D eigenvalue weighted by molar-refractivity contribution is -0.0283. The number of likely N-dealkylation sites (tertiary alicyclic amines) is 1. The molecule has 1 atom stereocenters. The molecule has 1 amide bonds. The molecule has 0 unspecified atom stereocenters. The molecular weight excluding hydrogens is 614 g/mol. The van der Waals surface area contributed by atoms with E-state index in [0.29, 0.717) is 61.4 Å². The number of halogens is 1. The van der Waals surface area contributed by atoms with E-state index in [-0.39, 0.29) is 27.8 Å². The van der Waals surface area contributed by atoms with Crippen LogP contribution in [0.3, 0.4) is 0 Å². The van der Waals surface area contributed by atoms with Crippen LogP contribution >= 0.6 is 11.6 Å². The molecule has 0 aliphatic carbocycles. The number of aromatic nitrogens is 1. The first kappa shape index (κ1) is 32.3. The summed E-state index contributed by atoms with van der Waals surface area (Å²) in [5.41, 5.74) is 1.59. The topological polar surface area (TPSA) is 93.0 Å². The maximum atomic E-state index is 14.3. The van der Waals surface area contributed by atoms with Crippen molar-refractivity contribution >= 4 is 28.5 Å². The fourth-order valence-electron chi connectivity index (χ4n) is 6.39. The van der Waals surface area contributed by atoms with Gasteiger partial charge in [0.05, 0.1) is 34.9 Å². The molecule has 2 heterocycles. The van der Waals surface area contributed by atoms with Crippen LogP contribution in [0.25, 0.3) is 16.5 Å². The average molecular weight is 652 g/mol. The first-order chi connectivity index (χ1) is 22.8. The van der Waals surface area contributed by atoms with Gasteiger partial charge in [0.1, 0.15) is 5.75 Å². The van der Waals surface area contributed by atoms with Crippen LogP contribution in [-0.4, -0.2) is 40.9 Å². The molecule has 2 N–H and O–H groups in total. The first-order valence-corrected chi connectivity index (χ1v) is 16.2. The molecule has 1 aliphatic heterocycles. The normalized spacial score (nSPS) is 15.2. The number of carbonyl (C=O) groups is 1. The van der Waals surface area contributed by atoms with Gasteiger partial charge in [-0.15, -0.1) is 0 Å². The van der Waals surface area contributed by atoms with E-state index >= 15 is 0 Å². The summed E-state index contributed by atoms with van der Waals surface area (Å²) < 4.78 is 13.2. The van der Waals surface area contributed by atoms with Crippen molar-refractivity contribution in [2.24, 2.45) is 0 Å².